The third kappa shape index (κ3) is 3.55. The second-order valence-corrected chi connectivity index (χ2v) is 5.82. The number of fused-ring (bicyclic) bond motifs is 1. The molecule has 25 heavy (non-hydrogen) atoms. The first-order valence-corrected chi connectivity index (χ1v) is 8.12. The fraction of sp³-hybridized carbons (Fsp3) is 0.278. The van der Waals surface area contributed by atoms with Gasteiger partial charge in [0.15, 0.2) is 5.75 Å². The Morgan fingerprint density at radius 3 is 2.84 bits per heavy atom. The number of anilines is 2. The number of amides is 1. The van der Waals surface area contributed by atoms with Crippen LogP contribution in [0.2, 0.25) is 0 Å². The molecule has 1 amide bonds. The average Bonchev–Trinajstić information content (AvgIpc) is 2.62. The SMILES string of the molecule is Nc1cccc2c1CCCN2C(=O)CCOc1ccccc1[N+](=O)[O-]. The van der Waals surface area contributed by atoms with Gasteiger partial charge in [0.25, 0.3) is 0 Å². The molecule has 1 aliphatic heterocycles. The van der Waals surface area contributed by atoms with Gasteiger partial charge in [-0.05, 0) is 36.6 Å². The number of hydrogen-bond acceptors (Lipinski definition) is 5. The smallest absolute Gasteiger partial charge is 0.310 e. The number of carbonyl (C=O) groups excluding carboxylic acids is 1. The molecular formula is C18H19N3O4. The molecular weight excluding hydrogens is 322 g/mol. The van der Waals surface area contributed by atoms with Crippen LogP contribution in [0.15, 0.2) is 42.5 Å². The van der Waals surface area contributed by atoms with Crippen LogP contribution in [0.4, 0.5) is 17.1 Å². The van der Waals surface area contributed by atoms with Crippen molar-refractivity contribution in [1.82, 2.24) is 0 Å². The number of nitrogens with zero attached hydrogens (tertiary/aromatic N) is 2. The highest BCUT2D eigenvalue weighted by molar-refractivity contribution is 5.95. The summed E-state index contributed by atoms with van der Waals surface area (Å²) in [4.78, 5) is 24.7. The molecule has 0 atom stereocenters. The molecule has 7 nitrogen and oxygen atoms in total. The Kier molecular flexibility index (Phi) is 4.83. The second-order valence-electron chi connectivity index (χ2n) is 5.82. The largest absolute Gasteiger partial charge is 0.486 e. The summed E-state index contributed by atoms with van der Waals surface area (Å²) in [6.45, 7) is 0.721. The fourth-order valence-electron chi connectivity index (χ4n) is 3.02. The number of hydrogen-bond donors (Lipinski definition) is 1. The molecule has 1 heterocycles. The molecule has 0 radical (unpaired) electrons. The highest BCUT2D eigenvalue weighted by Crippen LogP contribution is 2.32. The summed E-state index contributed by atoms with van der Waals surface area (Å²) in [5.41, 5.74) is 8.44. The molecule has 2 aromatic carbocycles. The Hall–Kier alpha value is -3.09. The van der Waals surface area contributed by atoms with Gasteiger partial charge in [0.1, 0.15) is 0 Å². The summed E-state index contributed by atoms with van der Waals surface area (Å²) in [5, 5.41) is 11.0. The van der Waals surface area contributed by atoms with E-state index in [2.05, 4.69) is 0 Å². The third-order valence-corrected chi connectivity index (χ3v) is 4.22. The van der Waals surface area contributed by atoms with Crippen LogP contribution in [0.25, 0.3) is 0 Å². The monoisotopic (exact) mass is 341 g/mol. The zero-order valence-corrected chi connectivity index (χ0v) is 13.7. The van der Waals surface area contributed by atoms with E-state index in [0.717, 1.165) is 24.1 Å². The van der Waals surface area contributed by atoms with E-state index in [1.54, 1.807) is 17.0 Å². The van der Waals surface area contributed by atoms with Crippen LogP contribution < -0.4 is 15.4 Å². The van der Waals surface area contributed by atoms with Gasteiger partial charge in [-0.25, -0.2) is 0 Å². The second kappa shape index (κ2) is 7.21. The van der Waals surface area contributed by atoms with E-state index in [4.69, 9.17) is 10.5 Å². The number of nitrogen functional groups attached to an aromatic ring is 1. The minimum absolute atomic E-state index is 0.0786. The third-order valence-electron chi connectivity index (χ3n) is 4.22. The van der Waals surface area contributed by atoms with Crippen molar-refractivity contribution < 1.29 is 14.5 Å². The standard InChI is InChI=1S/C18H19N3O4/c19-14-6-3-8-15-13(14)5-4-11-20(15)18(22)10-12-25-17-9-2-1-7-16(17)21(23)24/h1-3,6-9H,4-5,10-12,19H2. The highest BCUT2D eigenvalue weighted by Gasteiger charge is 2.23. The van der Waals surface area contributed by atoms with Gasteiger partial charge in [-0.15, -0.1) is 0 Å². The Labute approximate surface area is 145 Å². The Morgan fingerprint density at radius 1 is 1.24 bits per heavy atom. The fourth-order valence-corrected chi connectivity index (χ4v) is 3.02. The van der Waals surface area contributed by atoms with E-state index in [1.807, 2.05) is 18.2 Å². The molecule has 0 saturated heterocycles. The van der Waals surface area contributed by atoms with E-state index in [0.29, 0.717) is 12.2 Å². The molecule has 130 valence electrons. The van der Waals surface area contributed by atoms with Gasteiger partial charge in [0.05, 0.1) is 18.0 Å². The van der Waals surface area contributed by atoms with Crippen LogP contribution >= 0.6 is 0 Å². The molecule has 0 unspecified atom stereocenters. The van der Waals surface area contributed by atoms with Crippen LogP contribution in [0.3, 0.4) is 0 Å². The summed E-state index contributed by atoms with van der Waals surface area (Å²) in [5.74, 6) is 0.0914. The molecule has 0 spiro atoms. The number of nitro benzene ring substituents is 1. The van der Waals surface area contributed by atoms with Crippen molar-refractivity contribution in [3.8, 4) is 5.75 Å². The zero-order valence-electron chi connectivity index (χ0n) is 13.7. The zero-order chi connectivity index (χ0) is 17.8. The van der Waals surface area contributed by atoms with Crippen molar-refractivity contribution in [3.63, 3.8) is 0 Å². The summed E-state index contributed by atoms with van der Waals surface area (Å²) in [6, 6.07) is 11.7. The average molecular weight is 341 g/mol. The van der Waals surface area contributed by atoms with Gasteiger partial charge in [-0.1, -0.05) is 18.2 Å². The molecule has 0 aliphatic carbocycles. The van der Waals surface area contributed by atoms with Crippen molar-refractivity contribution >= 4 is 23.0 Å². The number of nitrogens with two attached hydrogens (primary N) is 1. The quantitative estimate of drug-likeness (QED) is 0.512. The van der Waals surface area contributed by atoms with Gasteiger partial charge >= 0.3 is 5.69 Å². The lowest BCUT2D eigenvalue weighted by Crippen LogP contribution is -2.36. The first-order chi connectivity index (χ1) is 12.1. The lowest BCUT2D eigenvalue weighted by molar-refractivity contribution is -0.385. The topological polar surface area (TPSA) is 98.7 Å². The molecule has 2 N–H and O–H groups in total. The van der Waals surface area contributed by atoms with Gasteiger partial charge in [0, 0.05) is 24.0 Å². The molecule has 0 fully saturated rings. The van der Waals surface area contributed by atoms with E-state index in [-0.39, 0.29) is 30.4 Å². The van der Waals surface area contributed by atoms with Crippen LogP contribution in [-0.2, 0) is 11.2 Å². The van der Waals surface area contributed by atoms with Crippen molar-refractivity contribution in [3.05, 3.63) is 58.1 Å². The van der Waals surface area contributed by atoms with Crippen LogP contribution in [0, 0.1) is 10.1 Å². The molecule has 2 aromatic rings. The maximum Gasteiger partial charge on any atom is 0.310 e. The molecule has 7 heteroatoms. The van der Waals surface area contributed by atoms with Crippen LogP contribution in [0.1, 0.15) is 18.4 Å². The van der Waals surface area contributed by atoms with E-state index in [1.165, 1.54) is 12.1 Å². The predicted molar refractivity (Wildman–Crippen MR) is 94.7 cm³/mol. The number of para-hydroxylation sites is 2. The van der Waals surface area contributed by atoms with Gasteiger partial charge in [-0.2, -0.15) is 0 Å². The molecule has 0 saturated carbocycles. The normalized spacial score (nSPS) is 13.2. The minimum atomic E-state index is -0.499. The van der Waals surface area contributed by atoms with E-state index < -0.39 is 4.92 Å². The van der Waals surface area contributed by atoms with Gasteiger partial charge < -0.3 is 15.4 Å². The lowest BCUT2D eigenvalue weighted by atomic mass is 9.99. The summed E-state index contributed by atoms with van der Waals surface area (Å²) >= 11 is 0. The van der Waals surface area contributed by atoms with Gasteiger partial charge in [0.2, 0.25) is 5.91 Å². The Bertz CT molecular complexity index is 807. The number of ether oxygens (including phenoxy) is 1. The van der Waals surface area contributed by atoms with Crippen molar-refractivity contribution in [2.75, 3.05) is 23.8 Å². The van der Waals surface area contributed by atoms with Crippen molar-refractivity contribution in [2.45, 2.75) is 19.3 Å². The lowest BCUT2D eigenvalue weighted by Gasteiger charge is -2.30. The molecule has 3 rings (SSSR count). The van der Waals surface area contributed by atoms with Crippen molar-refractivity contribution in [1.29, 1.82) is 0 Å². The van der Waals surface area contributed by atoms with Crippen molar-refractivity contribution in [2.24, 2.45) is 0 Å². The number of nitro groups is 1. The van der Waals surface area contributed by atoms with Gasteiger partial charge in [-0.3, -0.25) is 14.9 Å². The first kappa shape index (κ1) is 16.8. The number of carbonyl (C=O) groups is 1. The first-order valence-electron chi connectivity index (χ1n) is 8.12. The molecule has 0 bridgehead atoms. The predicted octanol–water partition coefficient (Wildman–Crippen LogP) is 2.93. The summed E-state index contributed by atoms with van der Waals surface area (Å²) in [6.07, 6.45) is 1.86. The van der Waals surface area contributed by atoms with Crippen LogP contribution in [0.5, 0.6) is 5.75 Å². The Morgan fingerprint density at radius 2 is 2.04 bits per heavy atom. The summed E-state index contributed by atoms with van der Waals surface area (Å²) < 4.78 is 5.46. The maximum atomic E-state index is 12.6. The highest BCUT2D eigenvalue weighted by atomic mass is 16.6. The number of rotatable bonds is 5. The summed E-state index contributed by atoms with van der Waals surface area (Å²) in [7, 11) is 0. The Balaban J connectivity index is 1.65. The van der Waals surface area contributed by atoms with E-state index >= 15 is 0 Å². The maximum absolute atomic E-state index is 12.6. The number of benzene rings is 2. The minimum Gasteiger partial charge on any atom is -0.486 e. The van der Waals surface area contributed by atoms with E-state index in [9.17, 15) is 14.9 Å². The molecule has 0 aromatic heterocycles. The molecule has 1 aliphatic rings. The van der Waals surface area contributed by atoms with Crippen LogP contribution in [-0.4, -0.2) is 24.0 Å².